The monoisotopic (exact) mass is 586 g/mol. The fourth-order valence-electron chi connectivity index (χ4n) is 3.02. The molecule has 170 valence electrons. The fraction of sp³-hybridized carbons (Fsp3) is 0.0952. The summed E-state index contributed by atoms with van der Waals surface area (Å²) in [5.74, 6) is 0.0815. The van der Waals surface area contributed by atoms with E-state index < -0.39 is 5.82 Å². The second-order valence-electron chi connectivity index (χ2n) is 6.96. The maximum absolute atomic E-state index is 14.1. The normalized spacial score (nSPS) is 10.9. The fourth-order valence-corrected chi connectivity index (χ4v) is 4.34. The molecule has 2 aromatic carbocycles. The molecular formula is C21H15BrCl3FN6S. The molecule has 0 atom stereocenters. The molecule has 0 radical (unpaired) electrons. The largest absolute Gasteiger partial charge is 0.330 e. The molecule has 0 saturated carbocycles. The van der Waals surface area contributed by atoms with Crippen LogP contribution in [0.5, 0.6) is 0 Å². The highest BCUT2D eigenvalue weighted by Gasteiger charge is 2.13. The number of hydrogen-bond donors (Lipinski definition) is 2. The van der Waals surface area contributed by atoms with Crippen molar-refractivity contribution in [3.05, 3.63) is 91.5 Å². The summed E-state index contributed by atoms with van der Waals surface area (Å²) in [6, 6.07) is 9.88. The number of anilines is 2. The van der Waals surface area contributed by atoms with E-state index in [-0.39, 0.29) is 6.54 Å². The average Bonchev–Trinajstić information content (AvgIpc) is 3.33. The number of benzene rings is 2. The van der Waals surface area contributed by atoms with E-state index in [2.05, 4.69) is 36.8 Å². The quantitative estimate of drug-likeness (QED) is 0.242. The molecule has 0 spiro atoms. The lowest BCUT2D eigenvalue weighted by molar-refractivity contribution is 0.586. The molecule has 2 heterocycles. The molecule has 2 aromatic heterocycles. The second-order valence-corrected chi connectivity index (χ2v) is 9.48. The van der Waals surface area contributed by atoms with E-state index in [0.717, 1.165) is 5.56 Å². The lowest BCUT2D eigenvalue weighted by Crippen LogP contribution is -2.19. The van der Waals surface area contributed by atoms with Crippen LogP contribution in [0.4, 0.5) is 15.9 Å². The van der Waals surface area contributed by atoms with E-state index in [1.54, 1.807) is 52.2 Å². The first-order valence-corrected chi connectivity index (χ1v) is 11.8. The minimum atomic E-state index is -0.391. The smallest absolute Gasteiger partial charge is 0.176 e. The maximum atomic E-state index is 14.1. The van der Waals surface area contributed by atoms with Gasteiger partial charge in [-0.1, -0.05) is 46.9 Å². The maximum Gasteiger partial charge on any atom is 0.176 e. The van der Waals surface area contributed by atoms with Gasteiger partial charge in [-0.3, -0.25) is 9.36 Å². The van der Waals surface area contributed by atoms with Crippen LogP contribution >= 0.6 is 63.0 Å². The molecule has 0 aliphatic carbocycles. The van der Waals surface area contributed by atoms with Crippen molar-refractivity contribution in [2.75, 3.05) is 10.6 Å². The number of nitrogens with zero attached hydrogens (tertiary/aromatic N) is 4. The Hall–Kier alpha value is -2.17. The summed E-state index contributed by atoms with van der Waals surface area (Å²) in [5, 5.41) is 16.6. The summed E-state index contributed by atoms with van der Waals surface area (Å²) in [5.41, 5.74) is 1.93. The number of halogens is 5. The van der Waals surface area contributed by atoms with Crippen molar-refractivity contribution < 1.29 is 4.39 Å². The lowest BCUT2D eigenvalue weighted by Gasteiger charge is -2.08. The third-order valence-corrected chi connectivity index (χ3v) is 6.29. The molecule has 6 nitrogen and oxygen atoms in total. The molecule has 0 bridgehead atoms. The van der Waals surface area contributed by atoms with Crippen molar-refractivity contribution in [1.29, 1.82) is 0 Å². The van der Waals surface area contributed by atoms with E-state index in [4.69, 9.17) is 47.0 Å². The molecule has 0 aliphatic heterocycles. The highest BCUT2D eigenvalue weighted by molar-refractivity contribution is 9.10. The van der Waals surface area contributed by atoms with Gasteiger partial charge in [0.1, 0.15) is 5.82 Å². The Balaban J connectivity index is 1.38. The van der Waals surface area contributed by atoms with Crippen LogP contribution in [0.25, 0.3) is 0 Å². The van der Waals surface area contributed by atoms with E-state index in [1.165, 1.54) is 6.07 Å². The number of thiocarbonyl (C=S) groups is 1. The molecular weight excluding hydrogens is 574 g/mol. The van der Waals surface area contributed by atoms with Gasteiger partial charge in [-0.05, 0) is 58.0 Å². The van der Waals surface area contributed by atoms with Crippen LogP contribution < -0.4 is 10.6 Å². The molecule has 0 aliphatic rings. The first-order valence-electron chi connectivity index (χ1n) is 9.48. The van der Waals surface area contributed by atoms with Gasteiger partial charge in [0.2, 0.25) is 0 Å². The van der Waals surface area contributed by atoms with Gasteiger partial charge in [0.15, 0.2) is 10.9 Å². The van der Waals surface area contributed by atoms with E-state index in [9.17, 15) is 4.39 Å². The van der Waals surface area contributed by atoms with Crippen LogP contribution in [0.3, 0.4) is 0 Å². The number of hydrogen-bond acceptors (Lipinski definition) is 3. The summed E-state index contributed by atoms with van der Waals surface area (Å²) in [4.78, 5) is 0. The van der Waals surface area contributed by atoms with E-state index in [0.29, 0.717) is 48.3 Å². The van der Waals surface area contributed by atoms with Crippen molar-refractivity contribution in [2.45, 2.75) is 13.1 Å². The zero-order valence-corrected chi connectivity index (χ0v) is 21.4. The Labute approximate surface area is 217 Å². The Morgan fingerprint density at radius 1 is 1.03 bits per heavy atom. The predicted octanol–water partition coefficient (Wildman–Crippen LogP) is 6.85. The van der Waals surface area contributed by atoms with Crippen molar-refractivity contribution in [3.8, 4) is 0 Å². The molecule has 0 saturated heterocycles. The van der Waals surface area contributed by atoms with Crippen molar-refractivity contribution in [2.24, 2.45) is 0 Å². The van der Waals surface area contributed by atoms with Crippen LogP contribution in [0.2, 0.25) is 15.1 Å². The Morgan fingerprint density at radius 2 is 1.85 bits per heavy atom. The Morgan fingerprint density at radius 3 is 2.61 bits per heavy atom. The molecule has 12 heteroatoms. The summed E-state index contributed by atoms with van der Waals surface area (Å²) in [6.07, 6.45) is 5.15. The van der Waals surface area contributed by atoms with Gasteiger partial charge in [-0.25, -0.2) is 4.39 Å². The minimum absolute atomic E-state index is 0.173. The van der Waals surface area contributed by atoms with Gasteiger partial charge >= 0.3 is 0 Å². The van der Waals surface area contributed by atoms with E-state index in [1.807, 2.05) is 6.07 Å². The van der Waals surface area contributed by atoms with Crippen LogP contribution in [-0.4, -0.2) is 24.7 Å². The first-order chi connectivity index (χ1) is 15.8. The zero-order valence-electron chi connectivity index (χ0n) is 16.7. The van der Waals surface area contributed by atoms with Crippen molar-refractivity contribution >= 4 is 79.6 Å². The number of aromatic nitrogens is 4. The van der Waals surface area contributed by atoms with E-state index >= 15 is 0 Å². The molecule has 33 heavy (non-hydrogen) atoms. The van der Waals surface area contributed by atoms with Crippen LogP contribution in [0.1, 0.15) is 11.1 Å². The average molecular weight is 589 g/mol. The summed E-state index contributed by atoms with van der Waals surface area (Å²) < 4.78 is 18.0. The SMILES string of the molecule is Fc1cccc(Cl)c1Cn1cc(Br)c(NC(=S)Nc2cnn(Cc3ccc(Cl)cc3Cl)c2)n1. The first kappa shape index (κ1) is 24.0. The molecule has 0 amide bonds. The van der Waals surface area contributed by atoms with Gasteiger partial charge in [0.25, 0.3) is 0 Å². The molecule has 4 aromatic rings. The van der Waals surface area contributed by atoms with Crippen molar-refractivity contribution in [1.82, 2.24) is 19.6 Å². The summed E-state index contributed by atoms with van der Waals surface area (Å²) >= 11 is 27.1. The predicted molar refractivity (Wildman–Crippen MR) is 138 cm³/mol. The van der Waals surface area contributed by atoms with Gasteiger partial charge in [0.05, 0.1) is 29.4 Å². The molecule has 4 rings (SSSR count). The summed E-state index contributed by atoms with van der Waals surface area (Å²) in [7, 11) is 0. The molecule has 0 fully saturated rings. The van der Waals surface area contributed by atoms with Crippen LogP contribution in [-0.2, 0) is 13.1 Å². The summed E-state index contributed by atoms with van der Waals surface area (Å²) in [6.45, 7) is 0.651. The molecule has 2 N–H and O–H groups in total. The molecule has 0 unspecified atom stereocenters. The standard InChI is InChI=1S/C21H15BrCl3FN6S/c22-16-11-32(10-15-17(24)2-1-3-19(15)26)30-20(16)29-21(33)28-14-7-27-31(9-14)8-12-4-5-13(23)6-18(12)25/h1-7,9,11H,8,10H2,(H2,28,29,30,33). The Bertz CT molecular complexity index is 1310. The van der Waals surface area contributed by atoms with Crippen molar-refractivity contribution in [3.63, 3.8) is 0 Å². The van der Waals surface area contributed by atoms with Crippen LogP contribution in [0.15, 0.2) is 59.5 Å². The lowest BCUT2D eigenvalue weighted by atomic mass is 10.2. The van der Waals surface area contributed by atoms with Gasteiger partial charge in [-0.2, -0.15) is 10.2 Å². The van der Waals surface area contributed by atoms with Gasteiger partial charge in [0, 0.05) is 33.0 Å². The highest BCUT2D eigenvalue weighted by Crippen LogP contribution is 2.25. The number of nitrogens with one attached hydrogen (secondary N) is 2. The second kappa shape index (κ2) is 10.4. The minimum Gasteiger partial charge on any atom is -0.330 e. The zero-order chi connectivity index (χ0) is 23.5. The highest BCUT2D eigenvalue weighted by atomic mass is 79.9. The topological polar surface area (TPSA) is 59.7 Å². The Kier molecular flexibility index (Phi) is 7.55. The van der Waals surface area contributed by atoms with Crippen LogP contribution in [0, 0.1) is 5.82 Å². The third kappa shape index (κ3) is 6.04. The van der Waals surface area contributed by atoms with Gasteiger partial charge < -0.3 is 10.6 Å². The van der Waals surface area contributed by atoms with Gasteiger partial charge in [-0.15, -0.1) is 0 Å². The number of rotatable bonds is 6. The third-order valence-electron chi connectivity index (χ3n) is 4.57.